The van der Waals surface area contributed by atoms with Gasteiger partial charge in [0.2, 0.25) is 16.0 Å². The molecule has 7 nitrogen and oxygen atoms in total. The van der Waals surface area contributed by atoms with Crippen molar-refractivity contribution in [1.82, 2.24) is 14.7 Å². The van der Waals surface area contributed by atoms with Crippen LogP contribution in [0, 0.1) is 17.8 Å². The summed E-state index contributed by atoms with van der Waals surface area (Å²) in [5.74, 6) is 3.26. The molecule has 2 aromatic carbocycles. The monoisotopic (exact) mass is 535 g/mol. The largest absolute Gasteiger partial charge is 0.369 e. The fourth-order valence-electron chi connectivity index (χ4n) is 5.17. The molecule has 2 aliphatic carbocycles. The number of rotatable bonds is 10. The van der Waals surface area contributed by atoms with Gasteiger partial charge in [-0.3, -0.25) is 0 Å². The maximum absolute atomic E-state index is 12.8. The number of nitrogens with zero attached hydrogens (tertiary/aromatic N) is 2. The molecule has 204 valence electrons. The van der Waals surface area contributed by atoms with Crippen LogP contribution in [0.4, 0.5) is 11.8 Å². The number of hydrogen-bond acceptors (Lipinski definition) is 6. The molecule has 2 aliphatic rings. The summed E-state index contributed by atoms with van der Waals surface area (Å²) in [6, 6.07) is 15.4. The van der Waals surface area contributed by atoms with Crippen molar-refractivity contribution in [1.29, 1.82) is 0 Å². The number of hydrogen-bond donors (Lipinski definition) is 3. The van der Waals surface area contributed by atoms with Crippen molar-refractivity contribution in [3.63, 3.8) is 0 Å². The molecule has 1 aromatic heterocycles. The Labute approximate surface area is 227 Å². The molecule has 0 unspecified atom stereocenters. The second kappa shape index (κ2) is 11.2. The molecule has 1 heterocycles. The molecule has 0 aliphatic heterocycles. The number of aromatic nitrogens is 2. The van der Waals surface area contributed by atoms with Gasteiger partial charge in [-0.25, -0.2) is 18.1 Å². The van der Waals surface area contributed by atoms with Crippen LogP contribution in [-0.4, -0.2) is 38.0 Å². The van der Waals surface area contributed by atoms with E-state index < -0.39 is 10.0 Å². The molecule has 2 fully saturated rings. The topological polar surface area (TPSA) is 96.0 Å². The van der Waals surface area contributed by atoms with Gasteiger partial charge in [-0.1, -0.05) is 45.0 Å². The minimum absolute atomic E-state index is 0.00113. The van der Waals surface area contributed by atoms with Crippen LogP contribution in [0.15, 0.2) is 53.4 Å². The van der Waals surface area contributed by atoms with Crippen LogP contribution >= 0.6 is 0 Å². The molecule has 5 rings (SSSR count). The zero-order valence-corrected chi connectivity index (χ0v) is 23.7. The predicted molar refractivity (Wildman–Crippen MR) is 155 cm³/mol. The molecule has 2 saturated carbocycles. The summed E-state index contributed by atoms with van der Waals surface area (Å²) in [6.07, 6.45) is 6.78. The van der Waals surface area contributed by atoms with Gasteiger partial charge in [0.15, 0.2) is 0 Å². The summed E-state index contributed by atoms with van der Waals surface area (Å²) in [4.78, 5) is 9.87. The van der Waals surface area contributed by atoms with Crippen LogP contribution in [0.1, 0.15) is 64.9 Å². The molecule has 0 atom stereocenters. The van der Waals surface area contributed by atoms with E-state index in [-0.39, 0.29) is 5.41 Å². The summed E-state index contributed by atoms with van der Waals surface area (Å²) in [5.41, 5.74) is 2.08. The van der Waals surface area contributed by atoms with Crippen molar-refractivity contribution in [2.45, 2.75) is 69.6 Å². The molecule has 0 amide bonds. The van der Waals surface area contributed by atoms with E-state index in [4.69, 9.17) is 9.97 Å². The smallest absolute Gasteiger partial charge is 0.240 e. The van der Waals surface area contributed by atoms with Gasteiger partial charge < -0.3 is 10.6 Å². The van der Waals surface area contributed by atoms with Crippen LogP contribution in [0.5, 0.6) is 0 Å². The highest BCUT2D eigenvalue weighted by atomic mass is 32.2. The predicted octanol–water partition coefficient (Wildman–Crippen LogP) is 5.95. The van der Waals surface area contributed by atoms with Crippen LogP contribution in [0.2, 0.25) is 0 Å². The number of para-hydroxylation sites is 1. The molecule has 0 radical (unpaired) electrons. The lowest BCUT2D eigenvalue weighted by Gasteiger charge is -2.28. The third-order valence-corrected chi connectivity index (χ3v) is 9.41. The first-order valence-electron chi connectivity index (χ1n) is 14.0. The lowest BCUT2D eigenvalue weighted by atomic mass is 9.82. The molecular formula is C30H41N5O2S. The highest BCUT2D eigenvalue weighted by Crippen LogP contribution is 2.31. The Hall–Kier alpha value is -2.71. The fraction of sp³-hybridized carbons (Fsp3) is 0.533. The van der Waals surface area contributed by atoms with Crippen molar-refractivity contribution in [2.75, 3.05) is 30.3 Å². The number of benzene rings is 2. The van der Waals surface area contributed by atoms with Crippen molar-refractivity contribution in [3.05, 3.63) is 54.1 Å². The summed E-state index contributed by atoms with van der Waals surface area (Å²) >= 11 is 0. The van der Waals surface area contributed by atoms with Gasteiger partial charge >= 0.3 is 0 Å². The van der Waals surface area contributed by atoms with E-state index in [1.165, 1.54) is 12.8 Å². The lowest BCUT2D eigenvalue weighted by Crippen LogP contribution is -2.32. The normalized spacial score (nSPS) is 20.4. The number of nitrogens with one attached hydrogen (secondary N) is 3. The van der Waals surface area contributed by atoms with Gasteiger partial charge in [0.05, 0.1) is 10.4 Å². The lowest BCUT2D eigenvalue weighted by molar-refractivity contribution is 0.284. The van der Waals surface area contributed by atoms with E-state index in [1.54, 1.807) is 12.1 Å². The van der Waals surface area contributed by atoms with Crippen molar-refractivity contribution >= 4 is 32.7 Å². The first kappa shape index (κ1) is 26.9. The Kier molecular flexibility index (Phi) is 7.91. The van der Waals surface area contributed by atoms with Gasteiger partial charge in [0.1, 0.15) is 5.82 Å². The summed E-state index contributed by atoms with van der Waals surface area (Å²) in [7, 11) is -3.49. The van der Waals surface area contributed by atoms with Crippen molar-refractivity contribution in [2.24, 2.45) is 17.8 Å². The average molecular weight is 536 g/mol. The zero-order valence-electron chi connectivity index (χ0n) is 22.8. The van der Waals surface area contributed by atoms with Crippen LogP contribution < -0.4 is 15.4 Å². The van der Waals surface area contributed by atoms with Crippen molar-refractivity contribution in [3.8, 4) is 0 Å². The van der Waals surface area contributed by atoms with Gasteiger partial charge in [-0.05, 0) is 91.5 Å². The Bertz CT molecular complexity index is 1340. The minimum Gasteiger partial charge on any atom is -0.369 e. The van der Waals surface area contributed by atoms with Crippen LogP contribution in [0.3, 0.4) is 0 Å². The van der Waals surface area contributed by atoms with Gasteiger partial charge in [0.25, 0.3) is 0 Å². The molecule has 8 heteroatoms. The third kappa shape index (κ3) is 6.83. The average Bonchev–Trinajstić information content (AvgIpc) is 3.74. The zero-order chi connectivity index (χ0) is 26.8. The first-order chi connectivity index (χ1) is 18.2. The third-order valence-electron chi connectivity index (χ3n) is 7.97. The standard InChI is InChI=1S/C30H41N5O2S/c1-30(2,3)24-14-16-25(17-15-24)38(36,37)33-20-23-12-10-22(11-13-23)19-32-29-34-27-7-5-4-6-26(27)28(35-29)31-18-21-8-9-21/h4-7,14-17,21-23,33H,8-13,18-20H2,1-3H3,(H2,31,32,34,35). The maximum Gasteiger partial charge on any atom is 0.240 e. The van der Waals surface area contributed by atoms with Gasteiger partial charge in [0, 0.05) is 25.0 Å². The highest BCUT2D eigenvalue weighted by molar-refractivity contribution is 7.89. The Morgan fingerprint density at radius 1 is 0.763 bits per heavy atom. The molecule has 0 bridgehead atoms. The molecular weight excluding hydrogens is 494 g/mol. The second-order valence-electron chi connectivity index (χ2n) is 12.1. The Morgan fingerprint density at radius 3 is 1.97 bits per heavy atom. The van der Waals surface area contributed by atoms with E-state index in [1.807, 2.05) is 30.3 Å². The molecule has 38 heavy (non-hydrogen) atoms. The van der Waals surface area contributed by atoms with Gasteiger partial charge in [-0.2, -0.15) is 4.98 Å². The number of anilines is 2. The first-order valence-corrected chi connectivity index (χ1v) is 15.5. The molecule has 3 N–H and O–H groups in total. The van der Waals surface area contributed by atoms with E-state index in [0.29, 0.717) is 29.2 Å². The van der Waals surface area contributed by atoms with Crippen molar-refractivity contribution < 1.29 is 8.42 Å². The van der Waals surface area contributed by atoms with Gasteiger partial charge in [-0.15, -0.1) is 0 Å². The Balaban J connectivity index is 1.10. The summed E-state index contributed by atoms with van der Waals surface area (Å²) < 4.78 is 28.5. The highest BCUT2D eigenvalue weighted by Gasteiger charge is 2.25. The summed E-state index contributed by atoms with van der Waals surface area (Å²) in [6.45, 7) is 8.67. The van der Waals surface area contributed by atoms with E-state index >= 15 is 0 Å². The number of sulfonamides is 1. The SMILES string of the molecule is CC(C)(C)c1ccc(S(=O)(=O)NCC2CCC(CNc3nc(NCC4CC4)c4ccccc4n3)CC2)cc1. The van der Waals surface area contributed by atoms with Crippen LogP contribution in [0.25, 0.3) is 10.9 Å². The Morgan fingerprint density at radius 2 is 1.34 bits per heavy atom. The van der Waals surface area contributed by atoms with Crippen LogP contribution in [-0.2, 0) is 15.4 Å². The molecule has 0 spiro atoms. The summed E-state index contributed by atoms with van der Waals surface area (Å²) in [5, 5.41) is 8.08. The van der Waals surface area contributed by atoms with E-state index in [0.717, 1.165) is 67.0 Å². The quantitative estimate of drug-likeness (QED) is 0.297. The molecule has 3 aromatic rings. The second-order valence-corrected chi connectivity index (χ2v) is 13.9. The van der Waals surface area contributed by atoms with E-state index in [9.17, 15) is 8.42 Å². The maximum atomic E-state index is 12.8. The number of fused-ring (bicyclic) bond motifs is 1. The van der Waals surface area contributed by atoms with E-state index in [2.05, 4.69) is 42.2 Å². The minimum atomic E-state index is -3.49. The fourth-order valence-corrected chi connectivity index (χ4v) is 6.29. The molecule has 0 saturated heterocycles.